The molecule has 0 saturated carbocycles. The van der Waals surface area contributed by atoms with Gasteiger partial charge in [-0.2, -0.15) is 5.10 Å². The van der Waals surface area contributed by atoms with Gasteiger partial charge in [-0.3, -0.25) is 9.48 Å². The summed E-state index contributed by atoms with van der Waals surface area (Å²) in [6.07, 6.45) is 5.28. The Morgan fingerprint density at radius 3 is 2.83 bits per heavy atom. The van der Waals surface area contributed by atoms with Crippen LogP contribution in [0, 0.1) is 5.92 Å². The van der Waals surface area contributed by atoms with Crippen LogP contribution >= 0.6 is 0 Å². The molecule has 2 aromatic heterocycles. The third-order valence-corrected chi connectivity index (χ3v) is 4.47. The number of hydrogen-bond acceptors (Lipinski definition) is 5. The average Bonchev–Trinajstić information content (AvgIpc) is 2.98. The van der Waals surface area contributed by atoms with E-state index in [0.29, 0.717) is 29.2 Å². The summed E-state index contributed by atoms with van der Waals surface area (Å²) >= 11 is 0. The van der Waals surface area contributed by atoms with Gasteiger partial charge in [0, 0.05) is 7.05 Å². The first-order valence-corrected chi connectivity index (χ1v) is 9.60. The maximum absolute atomic E-state index is 12.5. The summed E-state index contributed by atoms with van der Waals surface area (Å²) in [7, 11) is 1.80. The summed E-state index contributed by atoms with van der Waals surface area (Å²) in [5.74, 6) is -0.472. The molecule has 3 rings (SSSR count). The van der Waals surface area contributed by atoms with Crippen LogP contribution in [0.1, 0.15) is 45.9 Å². The summed E-state index contributed by atoms with van der Waals surface area (Å²) in [4.78, 5) is 29.6. The standard InChI is InChI=1S/C21H27N5O3/c1-13-8-6-9-15(25-20(28)29-21(2,3)4)14-10-7-11-16(23-14)18-17(24-19(13)27)12-22-26(18)5/h6-8,10-13,15H,9H2,1-5H3,(H,24,27)(H,25,28)/t13-,15+/m1/s1. The van der Waals surface area contributed by atoms with Gasteiger partial charge in [-0.25, -0.2) is 9.78 Å². The van der Waals surface area contributed by atoms with Gasteiger partial charge >= 0.3 is 6.09 Å². The van der Waals surface area contributed by atoms with Gasteiger partial charge in [-0.15, -0.1) is 0 Å². The van der Waals surface area contributed by atoms with E-state index < -0.39 is 17.7 Å². The third-order valence-electron chi connectivity index (χ3n) is 4.47. The smallest absolute Gasteiger partial charge is 0.408 e. The van der Waals surface area contributed by atoms with Crippen molar-refractivity contribution in [2.45, 2.75) is 45.8 Å². The number of fused-ring (bicyclic) bond motifs is 4. The number of rotatable bonds is 1. The molecule has 0 unspecified atom stereocenters. The van der Waals surface area contributed by atoms with Gasteiger partial charge in [0.25, 0.3) is 0 Å². The fraction of sp³-hybridized carbons (Fsp3) is 0.429. The molecule has 8 heteroatoms. The molecule has 2 amide bonds. The molecule has 1 aliphatic heterocycles. The van der Waals surface area contributed by atoms with Crippen molar-refractivity contribution in [1.29, 1.82) is 0 Å². The zero-order valence-electron chi connectivity index (χ0n) is 17.4. The van der Waals surface area contributed by atoms with Crippen molar-refractivity contribution >= 4 is 17.7 Å². The second-order valence-corrected chi connectivity index (χ2v) is 8.12. The van der Waals surface area contributed by atoms with E-state index in [1.54, 1.807) is 17.9 Å². The molecule has 2 aromatic rings. The van der Waals surface area contributed by atoms with Crippen LogP contribution in [0.5, 0.6) is 0 Å². The number of hydrogen-bond donors (Lipinski definition) is 2. The molecule has 0 spiro atoms. The maximum atomic E-state index is 12.5. The number of ether oxygens (including phenoxy) is 1. The van der Waals surface area contributed by atoms with E-state index in [-0.39, 0.29) is 11.8 Å². The number of amides is 2. The van der Waals surface area contributed by atoms with Gasteiger partial charge in [0.1, 0.15) is 11.3 Å². The molecule has 154 valence electrons. The average molecular weight is 397 g/mol. The number of anilines is 1. The van der Waals surface area contributed by atoms with Crippen molar-refractivity contribution in [1.82, 2.24) is 20.1 Å². The lowest BCUT2D eigenvalue weighted by molar-refractivity contribution is -0.118. The number of nitrogens with one attached hydrogen (secondary N) is 2. The van der Waals surface area contributed by atoms with Crippen molar-refractivity contribution < 1.29 is 14.3 Å². The highest BCUT2D eigenvalue weighted by Crippen LogP contribution is 2.29. The minimum Gasteiger partial charge on any atom is -0.444 e. The Hall–Kier alpha value is -3.16. The number of alkyl carbamates (subject to hydrolysis) is 1. The van der Waals surface area contributed by atoms with Gasteiger partial charge in [0.05, 0.1) is 35.2 Å². The van der Waals surface area contributed by atoms with E-state index in [9.17, 15) is 9.59 Å². The molecular weight excluding hydrogens is 370 g/mol. The normalized spacial score (nSPS) is 19.4. The largest absolute Gasteiger partial charge is 0.444 e. The second-order valence-electron chi connectivity index (χ2n) is 8.12. The molecular formula is C21H27N5O3. The summed E-state index contributed by atoms with van der Waals surface area (Å²) < 4.78 is 7.08. The van der Waals surface area contributed by atoms with Crippen LogP contribution in [0.3, 0.4) is 0 Å². The predicted octanol–water partition coefficient (Wildman–Crippen LogP) is 3.58. The number of aryl methyl sites for hydroxylation is 1. The molecule has 0 aliphatic carbocycles. The lowest BCUT2D eigenvalue weighted by Crippen LogP contribution is -2.35. The fourth-order valence-electron chi connectivity index (χ4n) is 3.07. The van der Waals surface area contributed by atoms with Gasteiger partial charge in [0.2, 0.25) is 5.91 Å². The van der Waals surface area contributed by atoms with E-state index in [1.165, 1.54) is 0 Å². The summed E-state index contributed by atoms with van der Waals surface area (Å²) in [6, 6.07) is 5.19. The molecule has 3 heterocycles. The lowest BCUT2D eigenvalue weighted by Gasteiger charge is -2.23. The minimum absolute atomic E-state index is 0.135. The highest BCUT2D eigenvalue weighted by Gasteiger charge is 2.23. The van der Waals surface area contributed by atoms with Gasteiger partial charge in [-0.1, -0.05) is 25.1 Å². The Morgan fingerprint density at radius 1 is 1.34 bits per heavy atom. The fourth-order valence-corrected chi connectivity index (χ4v) is 3.07. The molecule has 29 heavy (non-hydrogen) atoms. The number of carbonyl (C=O) groups excluding carboxylic acids is 2. The predicted molar refractivity (Wildman–Crippen MR) is 110 cm³/mol. The molecule has 0 radical (unpaired) electrons. The zero-order chi connectivity index (χ0) is 21.2. The molecule has 0 aromatic carbocycles. The molecule has 2 atom stereocenters. The Morgan fingerprint density at radius 2 is 2.10 bits per heavy atom. The van der Waals surface area contributed by atoms with E-state index in [0.717, 1.165) is 0 Å². The second kappa shape index (κ2) is 8.06. The number of pyridine rings is 1. The van der Waals surface area contributed by atoms with Crippen LogP contribution in [0.2, 0.25) is 0 Å². The van der Waals surface area contributed by atoms with Gasteiger partial charge in [-0.05, 0) is 39.3 Å². The van der Waals surface area contributed by atoms with Crippen molar-refractivity contribution in [3.63, 3.8) is 0 Å². The highest BCUT2D eigenvalue weighted by atomic mass is 16.6. The van der Waals surface area contributed by atoms with E-state index in [2.05, 4.69) is 15.7 Å². The van der Waals surface area contributed by atoms with E-state index in [4.69, 9.17) is 9.72 Å². The molecule has 1 aliphatic rings. The highest BCUT2D eigenvalue weighted by molar-refractivity contribution is 5.96. The van der Waals surface area contributed by atoms with Crippen LogP contribution in [0.4, 0.5) is 10.5 Å². The van der Waals surface area contributed by atoms with Crippen LogP contribution in [0.15, 0.2) is 36.5 Å². The van der Waals surface area contributed by atoms with Gasteiger partial charge in [0.15, 0.2) is 0 Å². The van der Waals surface area contributed by atoms with E-state index in [1.807, 2.05) is 58.0 Å². The number of nitrogens with zero attached hydrogens (tertiary/aromatic N) is 3. The quantitative estimate of drug-likeness (QED) is 0.717. The SMILES string of the molecule is C[C@@H]1C=CC[C@H](NC(=O)OC(C)(C)C)c2cccc(n2)-c2c(cnn2C)NC1=O. The van der Waals surface area contributed by atoms with Crippen molar-refractivity contribution in [2.24, 2.45) is 13.0 Å². The monoisotopic (exact) mass is 397 g/mol. The first kappa shape index (κ1) is 20.6. The van der Waals surface area contributed by atoms with E-state index >= 15 is 0 Å². The minimum atomic E-state index is -0.600. The summed E-state index contributed by atoms with van der Waals surface area (Å²) in [5, 5.41) is 10.1. The van der Waals surface area contributed by atoms with Crippen molar-refractivity contribution in [2.75, 3.05) is 5.32 Å². The van der Waals surface area contributed by atoms with Crippen LogP contribution in [-0.2, 0) is 16.6 Å². The molecule has 0 saturated heterocycles. The maximum Gasteiger partial charge on any atom is 0.408 e. The van der Waals surface area contributed by atoms with Crippen LogP contribution in [0.25, 0.3) is 11.4 Å². The Balaban J connectivity index is 2.02. The number of aromatic nitrogens is 3. The van der Waals surface area contributed by atoms with Crippen molar-refractivity contribution in [3.05, 3.63) is 42.2 Å². The Labute approximate surface area is 170 Å². The third kappa shape index (κ3) is 5.01. The lowest BCUT2D eigenvalue weighted by atomic mass is 10.0. The Bertz CT molecular complexity index is 942. The molecule has 2 N–H and O–H groups in total. The van der Waals surface area contributed by atoms with Crippen molar-refractivity contribution in [3.8, 4) is 11.4 Å². The number of carbonyl (C=O) groups is 2. The van der Waals surface area contributed by atoms with Gasteiger partial charge < -0.3 is 15.4 Å². The summed E-state index contributed by atoms with van der Waals surface area (Å²) in [6.45, 7) is 7.27. The topological polar surface area (TPSA) is 98.1 Å². The zero-order valence-corrected chi connectivity index (χ0v) is 17.4. The molecule has 0 fully saturated rings. The first-order chi connectivity index (χ1) is 13.6. The Kier molecular flexibility index (Phi) is 5.72. The summed E-state index contributed by atoms with van der Waals surface area (Å²) in [5.41, 5.74) is 2.06. The molecule has 8 nitrogen and oxygen atoms in total. The van der Waals surface area contributed by atoms with Crippen LogP contribution < -0.4 is 10.6 Å². The van der Waals surface area contributed by atoms with Crippen LogP contribution in [-0.4, -0.2) is 32.4 Å². The molecule has 2 bridgehead atoms. The first-order valence-electron chi connectivity index (χ1n) is 9.60.